The average molecular weight is 484 g/mol. The van der Waals surface area contributed by atoms with Crippen molar-refractivity contribution in [1.29, 1.82) is 0 Å². The molecule has 5 rings (SSSR count). The number of rotatable bonds is 7. The van der Waals surface area contributed by atoms with Gasteiger partial charge in [-0.05, 0) is 67.1 Å². The van der Waals surface area contributed by atoms with Crippen LogP contribution in [0.4, 0.5) is 8.78 Å². The van der Waals surface area contributed by atoms with Gasteiger partial charge < -0.3 is 19.6 Å². The zero-order valence-electron chi connectivity index (χ0n) is 19.8. The average Bonchev–Trinajstić information content (AvgIpc) is 3.31. The van der Waals surface area contributed by atoms with Gasteiger partial charge in [-0.15, -0.1) is 0 Å². The minimum absolute atomic E-state index is 0.0718. The number of carboxylic acid groups (broad SMARTS) is 1. The van der Waals surface area contributed by atoms with E-state index in [-0.39, 0.29) is 11.0 Å². The van der Waals surface area contributed by atoms with Crippen molar-refractivity contribution in [1.82, 2.24) is 4.98 Å². The molecule has 184 valence electrons. The number of methoxy groups -OCH3 is 1. The topological polar surface area (TPSA) is 74.6 Å². The number of carboxylic acids is 1. The Kier molecular flexibility index (Phi) is 6.09. The maximum absolute atomic E-state index is 12.7. The Hall–Kier alpha value is -3.26. The summed E-state index contributed by atoms with van der Waals surface area (Å²) in [6, 6.07) is 11.0. The molecular weight excluding hydrogens is 454 g/mol. The van der Waals surface area contributed by atoms with E-state index >= 15 is 0 Å². The Labute approximate surface area is 202 Å². The largest absolute Gasteiger partial charge is 0.496 e. The maximum Gasteiger partial charge on any atom is 0.345 e. The summed E-state index contributed by atoms with van der Waals surface area (Å²) >= 11 is 0. The maximum atomic E-state index is 12.7. The number of aromatic carboxylic acids is 1. The molecule has 3 aromatic rings. The highest BCUT2D eigenvalue weighted by atomic mass is 19.3. The summed E-state index contributed by atoms with van der Waals surface area (Å²) in [5.41, 5.74) is 5.46. The summed E-state index contributed by atoms with van der Waals surface area (Å²) in [4.78, 5) is 14.7. The molecule has 1 aromatic heterocycles. The summed E-state index contributed by atoms with van der Waals surface area (Å²) in [7, 11) is 1.68. The number of fused-ring (bicyclic) bond motifs is 1. The summed E-state index contributed by atoms with van der Waals surface area (Å²) in [6.45, 7) is 0.690. The molecule has 6 nitrogen and oxygen atoms in total. The highest BCUT2D eigenvalue weighted by Gasteiger charge is 2.50. The zero-order chi connectivity index (χ0) is 24.7. The normalized spacial score (nSPS) is 22.1. The van der Waals surface area contributed by atoms with E-state index in [1.807, 2.05) is 31.3 Å². The second-order valence-corrected chi connectivity index (χ2v) is 9.75. The highest BCUT2D eigenvalue weighted by Crippen LogP contribution is 2.51. The molecule has 1 fully saturated rings. The molecule has 0 bridgehead atoms. The van der Waals surface area contributed by atoms with Crippen LogP contribution in [0.5, 0.6) is 5.75 Å². The van der Waals surface area contributed by atoms with Crippen LogP contribution in [0.15, 0.2) is 42.6 Å². The first-order valence-corrected chi connectivity index (χ1v) is 11.8. The number of ether oxygens (including phenoxy) is 2. The van der Waals surface area contributed by atoms with Crippen LogP contribution in [-0.4, -0.2) is 52.7 Å². The Bertz CT molecular complexity index is 1290. The molecule has 2 heterocycles. The van der Waals surface area contributed by atoms with Crippen molar-refractivity contribution in [2.75, 3.05) is 13.7 Å². The SMILES string of the molecule is COc1cc(C)c2[nH]ccc2c1C[N+]1=C(c2ccc(C(=O)O)cc2)CC2(CC1)CC(OC(F)F)C2. The second-order valence-electron chi connectivity index (χ2n) is 9.75. The second kappa shape index (κ2) is 9.07. The molecule has 1 spiro atoms. The predicted octanol–water partition coefficient (Wildman–Crippen LogP) is 5.37. The number of nitrogens with zero attached hydrogens (tertiary/aromatic N) is 1. The molecule has 0 saturated heterocycles. The molecule has 35 heavy (non-hydrogen) atoms. The van der Waals surface area contributed by atoms with Crippen LogP contribution in [0.2, 0.25) is 0 Å². The van der Waals surface area contributed by atoms with Crippen LogP contribution in [0, 0.1) is 12.3 Å². The van der Waals surface area contributed by atoms with Gasteiger partial charge in [-0.1, -0.05) is 0 Å². The van der Waals surface area contributed by atoms with Crippen molar-refractivity contribution >= 4 is 22.6 Å². The van der Waals surface area contributed by atoms with Gasteiger partial charge in [0.25, 0.3) is 0 Å². The van der Waals surface area contributed by atoms with Crippen LogP contribution in [0.3, 0.4) is 0 Å². The summed E-state index contributed by atoms with van der Waals surface area (Å²) in [5, 5.41) is 10.4. The first-order chi connectivity index (χ1) is 16.8. The molecule has 0 unspecified atom stereocenters. The number of aryl methyl sites for hydroxylation is 1. The molecular formula is C27H29F2N2O4+. The third-order valence-electron chi connectivity index (χ3n) is 7.60. The number of hydrogen-bond donors (Lipinski definition) is 2. The smallest absolute Gasteiger partial charge is 0.345 e. The van der Waals surface area contributed by atoms with Gasteiger partial charge in [0.15, 0.2) is 12.3 Å². The molecule has 0 radical (unpaired) electrons. The fourth-order valence-corrected chi connectivity index (χ4v) is 5.79. The highest BCUT2D eigenvalue weighted by molar-refractivity contribution is 5.99. The van der Waals surface area contributed by atoms with E-state index in [0.717, 1.165) is 58.4 Å². The fourth-order valence-electron chi connectivity index (χ4n) is 5.79. The van der Waals surface area contributed by atoms with Crippen LogP contribution >= 0.6 is 0 Å². The van der Waals surface area contributed by atoms with Crippen molar-refractivity contribution in [3.8, 4) is 5.75 Å². The quantitative estimate of drug-likeness (QED) is 0.444. The van der Waals surface area contributed by atoms with Crippen LogP contribution in [0.25, 0.3) is 10.9 Å². The number of halogens is 2. The number of hydrogen-bond acceptors (Lipinski definition) is 3. The lowest BCUT2D eigenvalue weighted by atomic mass is 9.60. The van der Waals surface area contributed by atoms with E-state index in [0.29, 0.717) is 19.4 Å². The standard InChI is InChI=1S/C27H28F2N2O4/c1-16-11-23(34-2)21(20-7-9-30-24(16)20)15-31-10-8-27(12-19(13-27)35-26(28)29)14-22(31)17-3-5-18(6-4-17)25(32)33/h3-7,9,11,19,26,30H,8,10,12-15H2,1-2H3/p+1. The Morgan fingerprint density at radius 2 is 2.00 bits per heavy atom. The number of H-pyrrole nitrogens is 1. The lowest BCUT2D eigenvalue weighted by Crippen LogP contribution is -2.49. The number of alkyl halides is 2. The van der Waals surface area contributed by atoms with Crippen molar-refractivity contribution < 1.29 is 32.7 Å². The van der Waals surface area contributed by atoms with Crippen LogP contribution in [0.1, 0.15) is 52.7 Å². The van der Waals surface area contributed by atoms with E-state index < -0.39 is 18.7 Å². The monoisotopic (exact) mass is 483 g/mol. The number of carbonyl (C=O) groups is 1. The summed E-state index contributed by atoms with van der Waals surface area (Å²) < 4.78 is 38.3. The predicted molar refractivity (Wildman–Crippen MR) is 128 cm³/mol. The van der Waals surface area contributed by atoms with E-state index in [9.17, 15) is 18.7 Å². The van der Waals surface area contributed by atoms with E-state index in [1.165, 1.54) is 0 Å². The van der Waals surface area contributed by atoms with E-state index in [2.05, 4.69) is 15.6 Å². The van der Waals surface area contributed by atoms with E-state index in [4.69, 9.17) is 9.47 Å². The first-order valence-electron chi connectivity index (χ1n) is 11.8. The Balaban J connectivity index is 1.53. The molecule has 0 atom stereocenters. The third-order valence-corrected chi connectivity index (χ3v) is 7.60. The van der Waals surface area contributed by atoms with Gasteiger partial charge in [-0.2, -0.15) is 8.78 Å². The molecule has 1 aliphatic carbocycles. The van der Waals surface area contributed by atoms with Crippen molar-refractivity contribution in [2.24, 2.45) is 5.41 Å². The fraction of sp³-hybridized carbons (Fsp3) is 0.407. The zero-order valence-corrected chi connectivity index (χ0v) is 19.8. The lowest BCUT2D eigenvalue weighted by Gasteiger charge is -2.48. The van der Waals surface area contributed by atoms with Gasteiger partial charge in [-0.25, -0.2) is 9.37 Å². The van der Waals surface area contributed by atoms with Crippen molar-refractivity contribution in [2.45, 2.75) is 51.9 Å². The number of benzene rings is 2. The summed E-state index contributed by atoms with van der Waals surface area (Å²) in [6.07, 6.45) is 4.35. The molecule has 1 saturated carbocycles. The molecule has 1 aliphatic heterocycles. The van der Waals surface area contributed by atoms with Crippen molar-refractivity contribution in [3.63, 3.8) is 0 Å². The van der Waals surface area contributed by atoms with Gasteiger partial charge in [0.2, 0.25) is 0 Å². The Morgan fingerprint density at radius 1 is 1.26 bits per heavy atom. The van der Waals surface area contributed by atoms with Gasteiger partial charge >= 0.3 is 12.6 Å². The van der Waals surface area contributed by atoms with Crippen molar-refractivity contribution in [3.05, 3.63) is 64.8 Å². The molecule has 2 aliphatic rings. The van der Waals surface area contributed by atoms with Gasteiger partial charge in [0, 0.05) is 35.5 Å². The number of nitrogens with one attached hydrogen (secondary N) is 1. The van der Waals surface area contributed by atoms with Crippen LogP contribution < -0.4 is 4.74 Å². The Morgan fingerprint density at radius 3 is 2.66 bits per heavy atom. The third kappa shape index (κ3) is 4.43. The van der Waals surface area contributed by atoms with Gasteiger partial charge in [0.05, 0.1) is 24.3 Å². The lowest BCUT2D eigenvalue weighted by molar-refractivity contribution is -0.553. The van der Waals surface area contributed by atoms with Crippen LogP contribution in [-0.2, 0) is 11.3 Å². The molecule has 8 heteroatoms. The number of aromatic nitrogens is 1. The minimum Gasteiger partial charge on any atom is -0.496 e. The molecule has 0 amide bonds. The minimum atomic E-state index is -2.75. The summed E-state index contributed by atoms with van der Waals surface area (Å²) in [5.74, 6) is -0.145. The van der Waals surface area contributed by atoms with E-state index in [1.54, 1.807) is 19.2 Å². The molecule has 2 aromatic carbocycles. The molecule has 2 N–H and O–H groups in total. The van der Waals surface area contributed by atoms with Gasteiger partial charge in [0.1, 0.15) is 12.3 Å². The van der Waals surface area contributed by atoms with Gasteiger partial charge in [-0.3, -0.25) is 0 Å². The first kappa shape index (κ1) is 23.5. The number of aromatic amines is 1.